The Morgan fingerprint density at radius 3 is 2.54 bits per heavy atom. The number of carbonyl (C=O) groups is 1. The standard InChI is InChI=1S/C7H16N2O4/c8-1-2-9(4-7(12)13)3-6(11)5-10/h6,10-11H,1-5,8H2,(H,12,13). The fourth-order valence-corrected chi connectivity index (χ4v) is 0.965. The van der Waals surface area contributed by atoms with Crippen molar-refractivity contribution >= 4 is 5.97 Å². The predicted octanol–water partition coefficient (Wildman–Crippen LogP) is -2.32. The lowest BCUT2D eigenvalue weighted by Crippen LogP contribution is -2.40. The number of nitrogens with two attached hydrogens (primary N) is 1. The lowest BCUT2D eigenvalue weighted by Gasteiger charge is -2.21. The first-order chi connectivity index (χ1) is 6.10. The van der Waals surface area contributed by atoms with Gasteiger partial charge in [-0.25, -0.2) is 0 Å². The lowest BCUT2D eigenvalue weighted by atomic mass is 10.3. The van der Waals surface area contributed by atoms with E-state index in [0.29, 0.717) is 13.1 Å². The number of aliphatic carboxylic acids is 1. The molecule has 6 heteroatoms. The highest BCUT2D eigenvalue weighted by atomic mass is 16.4. The fraction of sp³-hybridized carbons (Fsp3) is 0.857. The summed E-state index contributed by atoms with van der Waals surface area (Å²) < 4.78 is 0. The Hall–Kier alpha value is -0.690. The monoisotopic (exact) mass is 192 g/mol. The average molecular weight is 192 g/mol. The van der Waals surface area contributed by atoms with Crippen LogP contribution >= 0.6 is 0 Å². The number of carboxylic acids is 1. The van der Waals surface area contributed by atoms with E-state index in [0.717, 1.165) is 0 Å². The summed E-state index contributed by atoms with van der Waals surface area (Å²) in [5.41, 5.74) is 5.24. The molecule has 5 N–H and O–H groups in total. The molecule has 0 heterocycles. The van der Waals surface area contributed by atoms with Gasteiger partial charge in [-0.1, -0.05) is 0 Å². The maximum atomic E-state index is 10.3. The number of rotatable bonds is 7. The smallest absolute Gasteiger partial charge is 0.317 e. The van der Waals surface area contributed by atoms with Gasteiger partial charge in [0.25, 0.3) is 0 Å². The molecule has 0 aliphatic carbocycles. The zero-order valence-electron chi connectivity index (χ0n) is 7.39. The minimum absolute atomic E-state index is 0.125. The van der Waals surface area contributed by atoms with Crippen LogP contribution in [0.4, 0.5) is 0 Å². The molecule has 0 fully saturated rings. The van der Waals surface area contributed by atoms with E-state index in [2.05, 4.69) is 0 Å². The number of hydrogen-bond donors (Lipinski definition) is 4. The number of hydrogen-bond acceptors (Lipinski definition) is 5. The second kappa shape index (κ2) is 6.79. The van der Waals surface area contributed by atoms with E-state index >= 15 is 0 Å². The van der Waals surface area contributed by atoms with Gasteiger partial charge in [0, 0.05) is 19.6 Å². The number of aliphatic hydroxyl groups excluding tert-OH is 2. The maximum Gasteiger partial charge on any atom is 0.317 e. The summed E-state index contributed by atoms with van der Waals surface area (Å²) in [6.45, 7) is 0.295. The molecule has 6 nitrogen and oxygen atoms in total. The van der Waals surface area contributed by atoms with Crippen LogP contribution in [0, 0.1) is 0 Å². The van der Waals surface area contributed by atoms with Crippen molar-refractivity contribution in [2.75, 3.05) is 32.8 Å². The van der Waals surface area contributed by atoms with E-state index in [1.54, 1.807) is 0 Å². The van der Waals surface area contributed by atoms with E-state index in [1.807, 2.05) is 0 Å². The Bertz CT molecular complexity index is 153. The van der Waals surface area contributed by atoms with Gasteiger partial charge in [-0.2, -0.15) is 0 Å². The summed E-state index contributed by atoms with van der Waals surface area (Å²) in [6, 6.07) is 0. The van der Waals surface area contributed by atoms with Gasteiger partial charge >= 0.3 is 5.97 Å². The summed E-state index contributed by atoms with van der Waals surface area (Å²) in [5.74, 6) is -0.974. The molecule has 0 saturated heterocycles. The molecule has 0 radical (unpaired) electrons. The molecule has 78 valence electrons. The van der Waals surface area contributed by atoms with Crippen molar-refractivity contribution in [3.8, 4) is 0 Å². The minimum Gasteiger partial charge on any atom is -0.480 e. The van der Waals surface area contributed by atoms with E-state index in [-0.39, 0.29) is 19.7 Å². The SMILES string of the molecule is NCCN(CC(=O)O)CC(O)CO. The molecule has 0 amide bonds. The third-order valence-electron chi connectivity index (χ3n) is 1.48. The molecule has 0 aliphatic heterocycles. The van der Waals surface area contributed by atoms with Gasteiger partial charge in [0.2, 0.25) is 0 Å². The van der Waals surface area contributed by atoms with Gasteiger partial charge in [-0.15, -0.1) is 0 Å². The number of nitrogens with zero attached hydrogens (tertiary/aromatic N) is 1. The molecule has 0 aromatic heterocycles. The van der Waals surface area contributed by atoms with Crippen LogP contribution in [-0.2, 0) is 4.79 Å². The van der Waals surface area contributed by atoms with Crippen LogP contribution in [0.1, 0.15) is 0 Å². The Morgan fingerprint density at radius 1 is 1.54 bits per heavy atom. The van der Waals surface area contributed by atoms with Gasteiger partial charge in [-0.3, -0.25) is 9.69 Å². The Balaban J connectivity index is 3.85. The Kier molecular flexibility index (Phi) is 6.43. The highest BCUT2D eigenvalue weighted by Crippen LogP contribution is 1.91. The highest BCUT2D eigenvalue weighted by Gasteiger charge is 2.12. The van der Waals surface area contributed by atoms with Gasteiger partial charge in [-0.05, 0) is 0 Å². The van der Waals surface area contributed by atoms with Gasteiger partial charge in [0.1, 0.15) is 0 Å². The number of carboxylic acid groups (broad SMARTS) is 1. The van der Waals surface area contributed by atoms with Crippen LogP contribution in [0.5, 0.6) is 0 Å². The molecule has 13 heavy (non-hydrogen) atoms. The van der Waals surface area contributed by atoms with Crippen molar-refractivity contribution in [3.63, 3.8) is 0 Å². The van der Waals surface area contributed by atoms with Gasteiger partial charge < -0.3 is 21.1 Å². The molecule has 1 unspecified atom stereocenters. The van der Waals surface area contributed by atoms with Gasteiger partial charge in [0.15, 0.2) is 0 Å². The van der Waals surface area contributed by atoms with E-state index < -0.39 is 12.1 Å². The summed E-state index contributed by atoms with van der Waals surface area (Å²) in [5, 5.41) is 26.0. The summed E-state index contributed by atoms with van der Waals surface area (Å²) >= 11 is 0. The first-order valence-corrected chi connectivity index (χ1v) is 4.03. The molecule has 0 aromatic carbocycles. The second-order valence-corrected chi connectivity index (χ2v) is 2.75. The average Bonchev–Trinajstić information content (AvgIpc) is 2.03. The molecule has 0 bridgehead atoms. The van der Waals surface area contributed by atoms with Crippen molar-refractivity contribution in [1.82, 2.24) is 4.90 Å². The minimum atomic E-state index is -0.974. The van der Waals surface area contributed by atoms with Crippen molar-refractivity contribution in [2.24, 2.45) is 5.73 Å². The van der Waals surface area contributed by atoms with Crippen molar-refractivity contribution in [3.05, 3.63) is 0 Å². The first kappa shape index (κ1) is 12.3. The van der Waals surface area contributed by atoms with Crippen molar-refractivity contribution < 1.29 is 20.1 Å². The van der Waals surface area contributed by atoms with Crippen LogP contribution in [-0.4, -0.2) is 65.1 Å². The third-order valence-corrected chi connectivity index (χ3v) is 1.48. The predicted molar refractivity (Wildman–Crippen MR) is 46.2 cm³/mol. The molecule has 0 aromatic rings. The quantitative estimate of drug-likeness (QED) is 0.361. The van der Waals surface area contributed by atoms with E-state index in [1.165, 1.54) is 4.90 Å². The fourth-order valence-electron chi connectivity index (χ4n) is 0.965. The second-order valence-electron chi connectivity index (χ2n) is 2.75. The topological polar surface area (TPSA) is 107 Å². The Morgan fingerprint density at radius 2 is 2.15 bits per heavy atom. The first-order valence-electron chi connectivity index (χ1n) is 4.03. The highest BCUT2D eigenvalue weighted by molar-refractivity contribution is 5.69. The van der Waals surface area contributed by atoms with Crippen molar-refractivity contribution in [1.29, 1.82) is 0 Å². The maximum absolute atomic E-state index is 10.3. The summed E-state index contributed by atoms with van der Waals surface area (Å²) in [4.78, 5) is 11.8. The van der Waals surface area contributed by atoms with Crippen LogP contribution in [0.25, 0.3) is 0 Å². The molecule has 1 atom stereocenters. The third kappa shape index (κ3) is 6.47. The summed E-state index contributed by atoms with van der Waals surface area (Å²) in [7, 11) is 0. The van der Waals surface area contributed by atoms with Crippen LogP contribution in [0.15, 0.2) is 0 Å². The van der Waals surface area contributed by atoms with Crippen LogP contribution in [0.3, 0.4) is 0 Å². The molecule has 0 rings (SSSR count). The normalized spacial score (nSPS) is 13.2. The van der Waals surface area contributed by atoms with E-state index in [9.17, 15) is 4.79 Å². The van der Waals surface area contributed by atoms with E-state index in [4.69, 9.17) is 21.1 Å². The largest absolute Gasteiger partial charge is 0.480 e. The Labute approximate surface area is 76.6 Å². The lowest BCUT2D eigenvalue weighted by molar-refractivity contribution is -0.138. The van der Waals surface area contributed by atoms with Crippen LogP contribution in [0.2, 0.25) is 0 Å². The van der Waals surface area contributed by atoms with Crippen molar-refractivity contribution in [2.45, 2.75) is 6.10 Å². The molecule has 0 saturated carbocycles. The molecular weight excluding hydrogens is 176 g/mol. The number of aliphatic hydroxyl groups is 2. The zero-order valence-corrected chi connectivity index (χ0v) is 7.39. The molecule has 0 spiro atoms. The zero-order chi connectivity index (χ0) is 10.3. The van der Waals surface area contributed by atoms with Gasteiger partial charge in [0.05, 0.1) is 19.3 Å². The molecular formula is C7H16N2O4. The van der Waals surface area contributed by atoms with Crippen LogP contribution < -0.4 is 5.73 Å². The molecule has 0 aliphatic rings. The summed E-state index contributed by atoms with van der Waals surface area (Å²) in [6.07, 6.45) is -0.911.